The lowest BCUT2D eigenvalue weighted by Crippen LogP contribution is -2.50. The Morgan fingerprint density at radius 1 is 1.20 bits per heavy atom. The highest BCUT2D eigenvalue weighted by Gasteiger charge is 2.51. The standard InChI is InChI=1S/C26H34O4/c1-17(2)22-14-16-26(5)15-6-7-18(3)24(26)25(22)30-23(28)13-10-20-8-11-21(12-9-20)29-19(4)27/h8-13,17,22,24-25H,3,6-7,14-16H2,1-2,4-5H3/b13-10+/t22-,24+,25-,26+/m0/s1. The predicted octanol–water partition coefficient (Wildman–Crippen LogP) is 5.97. The number of carbonyl (C=O) groups is 2. The Balaban J connectivity index is 1.72. The number of ether oxygens (including phenoxy) is 2. The predicted molar refractivity (Wildman–Crippen MR) is 119 cm³/mol. The molecule has 0 N–H and O–H groups in total. The van der Waals surface area contributed by atoms with Crippen molar-refractivity contribution in [1.29, 1.82) is 0 Å². The maximum atomic E-state index is 12.7. The smallest absolute Gasteiger partial charge is 0.331 e. The van der Waals surface area contributed by atoms with Crippen LogP contribution in [0.3, 0.4) is 0 Å². The van der Waals surface area contributed by atoms with Gasteiger partial charge in [0.05, 0.1) is 0 Å². The summed E-state index contributed by atoms with van der Waals surface area (Å²) in [5.41, 5.74) is 2.28. The summed E-state index contributed by atoms with van der Waals surface area (Å²) in [5.74, 6) is 0.882. The van der Waals surface area contributed by atoms with Gasteiger partial charge in [-0.05, 0) is 73.1 Å². The molecule has 2 saturated carbocycles. The lowest BCUT2D eigenvalue weighted by molar-refractivity contribution is -0.159. The molecule has 162 valence electrons. The lowest BCUT2D eigenvalue weighted by atomic mass is 9.54. The van der Waals surface area contributed by atoms with Crippen molar-refractivity contribution in [3.8, 4) is 5.75 Å². The summed E-state index contributed by atoms with van der Waals surface area (Å²) in [5, 5.41) is 0. The lowest BCUT2D eigenvalue weighted by Gasteiger charge is -2.53. The minimum atomic E-state index is -0.356. The van der Waals surface area contributed by atoms with Crippen molar-refractivity contribution >= 4 is 18.0 Å². The van der Waals surface area contributed by atoms with E-state index in [1.54, 1.807) is 30.3 Å². The Hall–Kier alpha value is -2.36. The molecule has 0 spiro atoms. The second kappa shape index (κ2) is 9.20. The first kappa shape index (κ1) is 22.3. The van der Waals surface area contributed by atoms with E-state index in [-0.39, 0.29) is 29.4 Å². The minimum absolute atomic E-state index is 0.111. The van der Waals surface area contributed by atoms with Crippen LogP contribution < -0.4 is 4.74 Å². The van der Waals surface area contributed by atoms with Crippen LogP contribution in [0.4, 0.5) is 0 Å². The molecule has 4 nitrogen and oxygen atoms in total. The third-order valence-corrected chi connectivity index (χ3v) is 6.90. The zero-order valence-electron chi connectivity index (χ0n) is 18.6. The van der Waals surface area contributed by atoms with Gasteiger partial charge < -0.3 is 9.47 Å². The van der Waals surface area contributed by atoms with Crippen molar-refractivity contribution in [2.24, 2.45) is 23.2 Å². The van der Waals surface area contributed by atoms with Crippen LogP contribution in [0.5, 0.6) is 5.75 Å². The van der Waals surface area contributed by atoms with E-state index in [0.717, 1.165) is 18.4 Å². The van der Waals surface area contributed by atoms with Crippen LogP contribution in [0.1, 0.15) is 65.4 Å². The van der Waals surface area contributed by atoms with Crippen LogP contribution in [-0.4, -0.2) is 18.0 Å². The first-order valence-corrected chi connectivity index (χ1v) is 11.0. The van der Waals surface area contributed by atoms with Crippen molar-refractivity contribution in [1.82, 2.24) is 0 Å². The van der Waals surface area contributed by atoms with E-state index in [9.17, 15) is 9.59 Å². The Kier molecular flexibility index (Phi) is 6.84. The van der Waals surface area contributed by atoms with Gasteiger partial charge in [0, 0.05) is 18.9 Å². The SMILES string of the molecule is C=C1CCC[C@]2(C)CC[C@@H](C(C)C)[C@H](OC(=O)/C=C/c3ccc(OC(C)=O)cc3)[C@@H]12. The average Bonchev–Trinajstić information content (AvgIpc) is 2.66. The molecule has 3 rings (SSSR count). The van der Waals surface area contributed by atoms with E-state index in [1.165, 1.54) is 37.8 Å². The quantitative estimate of drug-likeness (QED) is 0.260. The highest BCUT2D eigenvalue weighted by atomic mass is 16.5. The molecule has 0 heterocycles. The van der Waals surface area contributed by atoms with E-state index < -0.39 is 0 Å². The molecule has 0 saturated heterocycles. The number of esters is 2. The van der Waals surface area contributed by atoms with Crippen molar-refractivity contribution in [3.05, 3.63) is 48.1 Å². The zero-order valence-corrected chi connectivity index (χ0v) is 18.6. The number of hydrogen-bond acceptors (Lipinski definition) is 4. The van der Waals surface area contributed by atoms with E-state index >= 15 is 0 Å². The molecule has 0 bridgehead atoms. The molecule has 1 aromatic rings. The highest BCUT2D eigenvalue weighted by Crippen LogP contribution is 2.55. The topological polar surface area (TPSA) is 52.6 Å². The normalized spacial score (nSPS) is 29.0. The monoisotopic (exact) mass is 410 g/mol. The van der Waals surface area contributed by atoms with Gasteiger partial charge in [-0.15, -0.1) is 0 Å². The summed E-state index contributed by atoms with van der Waals surface area (Å²) in [7, 11) is 0. The maximum absolute atomic E-state index is 12.7. The van der Waals surface area contributed by atoms with E-state index in [2.05, 4.69) is 27.4 Å². The summed E-state index contributed by atoms with van der Waals surface area (Å²) in [6.45, 7) is 12.5. The average molecular weight is 411 g/mol. The van der Waals surface area contributed by atoms with Crippen LogP contribution in [0.15, 0.2) is 42.5 Å². The molecule has 0 aliphatic heterocycles. The Bertz CT molecular complexity index is 820. The summed E-state index contributed by atoms with van der Waals surface area (Å²) in [6.07, 6.45) is 8.79. The number of fused-ring (bicyclic) bond motifs is 1. The maximum Gasteiger partial charge on any atom is 0.331 e. The molecule has 2 aliphatic rings. The van der Waals surface area contributed by atoms with Gasteiger partial charge in [0.25, 0.3) is 0 Å². The molecule has 1 aromatic carbocycles. The van der Waals surface area contributed by atoms with E-state index in [0.29, 0.717) is 17.6 Å². The first-order chi connectivity index (χ1) is 14.2. The van der Waals surface area contributed by atoms with Gasteiger partial charge in [0.2, 0.25) is 0 Å². The summed E-state index contributed by atoms with van der Waals surface area (Å²) in [6, 6.07) is 7.03. The van der Waals surface area contributed by atoms with Gasteiger partial charge in [-0.3, -0.25) is 4.79 Å². The molecule has 4 heteroatoms. The minimum Gasteiger partial charge on any atom is -0.458 e. The number of hydrogen-bond donors (Lipinski definition) is 0. The fourth-order valence-corrected chi connectivity index (χ4v) is 5.36. The number of carbonyl (C=O) groups excluding carboxylic acids is 2. The Morgan fingerprint density at radius 3 is 2.53 bits per heavy atom. The van der Waals surface area contributed by atoms with Gasteiger partial charge in [0.1, 0.15) is 11.9 Å². The van der Waals surface area contributed by atoms with Crippen LogP contribution in [0, 0.1) is 23.2 Å². The molecule has 2 aliphatic carbocycles. The van der Waals surface area contributed by atoms with Crippen LogP contribution in [0.25, 0.3) is 6.08 Å². The highest BCUT2D eigenvalue weighted by molar-refractivity contribution is 5.87. The first-order valence-electron chi connectivity index (χ1n) is 11.0. The second-order valence-electron chi connectivity index (χ2n) is 9.49. The summed E-state index contributed by atoms with van der Waals surface area (Å²) in [4.78, 5) is 23.8. The van der Waals surface area contributed by atoms with Gasteiger partial charge in [-0.2, -0.15) is 0 Å². The second-order valence-corrected chi connectivity index (χ2v) is 9.49. The fourth-order valence-electron chi connectivity index (χ4n) is 5.36. The molecule has 0 radical (unpaired) electrons. The van der Waals surface area contributed by atoms with Gasteiger partial charge in [-0.1, -0.05) is 45.1 Å². The molecular weight excluding hydrogens is 376 g/mol. The molecule has 4 atom stereocenters. The molecule has 0 unspecified atom stereocenters. The van der Waals surface area contributed by atoms with E-state index in [4.69, 9.17) is 9.47 Å². The summed E-state index contributed by atoms with van der Waals surface area (Å²) < 4.78 is 11.1. The summed E-state index contributed by atoms with van der Waals surface area (Å²) >= 11 is 0. The fraction of sp³-hybridized carbons (Fsp3) is 0.538. The third kappa shape index (κ3) is 5.03. The van der Waals surface area contributed by atoms with Crippen molar-refractivity contribution < 1.29 is 19.1 Å². The van der Waals surface area contributed by atoms with Gasteiger partial charge in [-0.25, -0.2) is 4.79 Å². The Morgan fingerprint density at radius 2 is 1.90 bits per heavy atom. The number of benzene rings is 1. The molecule has 2 fully saturated rings. The molecule has 0 amide bonds. The number of rotatable bonds is 5. The molecular formula is C26H34O4. The van der Waals surface area contributed by atoms with Crippen LogP contribution >= 0.6 is 0 Å². The van der Waals surface area contributed by atoms with Crippen molar-refractivity contribution in [2.75, 3.05) is 0 Å². The molecule has 0 aromatic heterocycles. The van der Waals surface area contributed by atoms with Crippen molar-refractivity contribution in [2.45, 2.75) is 65.9 Å². The van der Waals surface area contributed by atoms with Crippen LogP contribution in [-0.2, 0) is 14.3 Å². The zero-order chi connectivity index (χ0) is 21.9. The van der Waals surface area contributed by atoms with Crippen molar-refractivity contribution in [3.63, 3.8) is 0 Å². The third-order valence-electron chi connectivity index (χ3n) is 6.90. The van der Waals surface area contributed by atoms with Crippen LogP contribution in [0.2, 0.25) is 0 Å². The van der Waals surface area contributed by atoms with Gasteiger partial charge >= 0.3 is 11.9 Å². The van der Waals surface area contributed by atoms with E-state index in [1.807, 2.05) is 0 Å². The van der Waals surface area contributed by atoms with Gasteiger partial charge in [0.15, 0.2) is 0 Å². The Labute approximate surface area is 180 Å². The largest absolute Gasteiger partial charge is 0.458 e. The molecule has 30 heavy (non-hydrogen) atoms.